The van der Waals surface area contributed by atoms with Crippen molar-refractivity contribution in [3.05, 3.63) is 23.8 Å². The van der Waals surface area contributed by atoms with E-state index in [1.165, 1.54) is 0 Å². The number of nitrogens with two attached hydrogens (primary N) is 1. The van der Waals surface area contributed by atoms with Crippen molar-refractivity contribution < 1.29 is 9.47 Å². The largest absolute Gasteiger partial charge is 0.493 e. The molecule has 1 rings (SSSR count). The molecule has 0 aromatic heterocycles. The Hall–Kier alpha value is -1.82. The third-order valence-corrected chi connectivity index (χ3v) is 2.62. The summed E-state index contributed by atoms with van der Waals surface area (Å²) >= 11 is 4.66. The SMILES string of the molecule is COc1cc(C=NNC(N)=S)ccc1OCCC(C)C. The average molecular weight is 295 g/mol. The Morgan fingerprint density at radius 1 is 1.45 bits per heavy atom. The first-order valence-corrected chi connectivity index (χ1v) is 6.83. The molecule has 5 nitrogen and oxygen atoms in total. The van der Waals surface area contributed by atoms with Crippen LogP contribution < -0.4 is 20.6 Å². The van der Waals surface area contributed by atoms with E-state index in [4.69, 9.17) is 15.2 Å². The summed E-state index contributed by atoms with van der Waals surface area (Å²) in [6.45, 7) is 4.99. The van der Waals surface area contributed by atoms with Crippen LogP contribution in [0.3, 0.4) is 0 Å². The molecule has 0 fully saturated rings. The summed E-state index contributed by atoms with van der Waals surface area (Å²) in [4.78, 5) is 0. The van der Waals surface area contributed by atoms with Gasteiger partial charge in [-0.2, -0.15) is 5.10 Å². The second-order valence-electron chi connectivity index (χ2n) is 4.68. The number of hydrogen-bond acceptors (Lipinski definition) is 4. The number of benzene rings is 1. The van der Waals surface area contributed by atoms with Gasteiger partial charge < -0.3 is 15.2 Å². The lowest BCUT2D eigenvalue weighted by atomic mass is 10.1. The van der Waals surface area contributed by atoms with Crippen molar-refractivity contribution in [3.8, 4) is 11.5 Å². The van der Waals surface area contributed by atoms with Crippen LogP contribution in [0, 0.1) is 5.92 Å². The van der Waals surface area contributed by atoms with E-state index in [1.54, 1.807) is 13.3 Å². The van der Waals surface area contributed by atoms with E-state index in [-0.39, 0.29) is 5.11 Å². The van der Waals surface area contributed by atoms with Crippen LogP contribution in [0.5, 0.6) is 11.5 Å². The van der Waals surface area contributed by atoms with E-state index in [1.807, 2.05) is 18.2 Å². The minimum atomic E-state index is 0.127. The molecule has 0 radical (unpaired) electrons. The number of hydrazone groups is 1. The minimum Gasteiger partial charge on any atom is -0.493 e. The van der Waals surface area contributed by atoms with Gasteiger partial charge in [0, 0.05) is 0 Å². The highest BCUT2D eigenvalue weighted by Crippen LogP contribution is 2.27. The lowest BCUT2D eigenvalue weighted by Gasteiger charge is -2.12. The van der Waals surface area contributed by atoms with E-state index in [0.717, 1.165) is 17.7 Å². The van der Waals surface area contributed by atoms with Gasteiger partial charge >= 0.3 is 0 Å². The number of rotatable bonds is 7. The first kappa shape index (κ1) is 16.2. The molecule has 0 atom stereocenters. The van der Waals surface area contributed by atoms with Gasteiger partial charge in [0.1, 0.15) is 0 Å². The monoisotopic (exact) mass is 295 g/mol. The van der Waals surface area contributed by atoms with Crippen LogP contribution in [-0.4, -0.2) is 25.0 Å². The molecule has 0 bridgehead atoms. The molecular formula is C14H21N3O2S. The summed E-state index contributed by atoms with van der Waals surface area (Å²) < 4.78 is 11.0. The van der Waals surface area contributed by atoms with E-state index in [2.05, 4.69) is 36.6 Å². The van der Waals surface area contributed by atoms with Crippen molar-refractivity contribution >= 4 is 23.5 Å². The van der Waals surface area contributed by atoms with Gasteiger partial charge in [0.25, 0.3) is 0 Å². The highest BCUT2D eigenvalue weighted by atomic mass is 32.1. The summed E-state index contributed by atoms with van der Waals surface area (Å²) in [5.74, 6) is 2.01. The molecule has 0 aliphatic rings. The van der Waals surface area contributed by atoms with Crippen molar-refractivity contribution in [2.24, 2.45) is 16.8 Å². The number of ether oxygens (including phenoxy) is 2. The maximum absolute atomic E-state index is 5.71. The highest BCUT2D eigenvalue weighted by Gasteiger charge is 2.05. The Labute approximate surface area is 125 Å². The van der Waals surface area contributed by atoms with Gasteiger partial charge in [-0.15, -0.1) is 0 Å². The topological polar surface area (TPSA) is 68.9 Å². The molecule has 1 aromatic carbocycles. The Kier molecular flexibility index (Phi) is 6.79. The van der Waals surface area contributed by atoms with Gasteiger partial charge in [0.2, 0.25) is 0 Å². The Morgan fingerprint density at radius 3 is 2.80 bits per heavy atom. The predicted molar refractivity (Wildman–Crippen MR) is 85.5 cm³/mol. The molecule has 20 heavy (non-hydrogen) atoms. The summed E-state index contributed by atoms with van der Waals surface area (Å²) in [5.41, 5.74) is 8.64. The van der Waals surface area contributed by atoms with Crippen LogP contribution in [0.4, 0.5) is 0 Å². The number of nitrogens with one attached hydrogen (secondary N) is 1. The van der Waals surface area contributed by atoms with E-state index >= 15 is 0 Å². The molecule has 0 unspecified atom stereocenters. The average Bonchev–Trinajstić information content (AvgIpc) is 2.39. The number of methoxy groups -OCH3 is 1. The molecule has 0 saturated carbocycles. The zero-order valence-electron chi connectivity index (χ0n) is 12.1. The van der Waals surface area contributed by atoms with Crippen LogP contribution in [0.2, 0.25) is 0 Å². The lowest BCUT2D eigenvalue weighted by molar-refractivity contribution is 0.273. The molecule has 3 N–H and O–H groups in total. The summed E-state index contributed by atoms with van der Waals surface area (Å²) in [5, 5.41) is 4.02. The van der Waals surface area contributed by atoms with Crippen molar-refractivity contribution in [3.63, 3.8) is 0 Å². The molecule has 0 spiro atoms. The molecule has 110 valence electrons. The molecule has 6 heteroatoms. The van der Waals surface area contributed by atoms with Crippen LogP contribution in [0.1, 0.15) is 25.8 Å². The Morgan fingerprint density at radius 2 is 2.20 bits per heavy atom. The number of nitrogens with zero attached hydrogens (tertiary/aromatic N) is 1. The van der Waals surface area contributed by atoms with Gasteiger partial charge in [-0.3, -0.25) is 5.43 Å². The third-order valence-electron chi connectivity index (χ3n) is 2.53. The van der Waals surface area contributed by atoms with E-state index < -0.39 is 0 Å². The first-order valence-electron chi connectivity index (χ1n) is 6.42. The molecule has 0 aliphatic carbocycles. The van der Waals surface area contributed by atoms with Gasteiger partial charge in [-0.1, -0.05) is 13.8 Å². The zero-order valence-corrected chi connectivity index (χ0v) is 12.9. The van der Waals surface area contributed by atoms with Crippen molar-refractivity contribution in [1.82, 2.24) is 5.43 Å². The van der Waals surface area contributed by atoms with E-state index in [9.17, 15) is 0 Å². The van der Waals surface area contributed by atoms with Crippen molar-refractivity contribution in [2.75, 3.05) is 13.7 Å². The summed E-state index contributed by atoms with van der Waals surface area (Å²) in [6.07, 6.45) is 2.61. The lowest BCUT2D eigenvalue weighted by Crippen LogP contribution is -2.23. The first-order chi connectivity index (χ1) is 9.52. The molecule has 0 aliphatic heterocycles. The van der Waals surface area contributed by atoms with Crippen LogP contribution in [0.25, 0.3) is 0 Å². The molecule has 1 aromatic rings. The number of thiocarbonyl (C=S) groups is 1. The predicted octanol–water partition coefficient (Wildman–Crippen LogP) is 2.29. The molecule has 0 amide bonds. The number of hydrogen-bond donors (Lipinski definition) is 2. The Balaban J connectivity index is 2.69. The van der Waals surface area contributed by atoms with Crippen LogP contribution >= 0.6 is 12.2 Å². The van der Waals surface area contributed by atoms with E-state index in [0.29, 0.717) is 18.3 Å². The van der Waals surface area contributed by atoms with Crippen LogP contribution in [0.15, 0.2) is 23.3 Å². The quantitative estimate of drug-likeness (QED) is 0.459. The van der Waals surface area contributed by atoms with Crippen molar-refractivity contribution in [1.29, 1.82) is 0 Å². The fraction of sp³-hybridized carbons (Fsp3) is 0.429. The van der Waals surface area contributed by atoms with Crippen LogP contribution in [-0.2, 0) is 0 Å². The maximum atomic E-state index is 5.71. The summed E-state index contributed by atoms with van der Waals surface area (Å²) in [6, 6.07) is 5.59. The van der Waals surface area contributed by atoms with Gasteiger partial charge in [0.05, 0.1) is 19.9 Å². The van der Waals surface area contributed by atoms with Gasteiger partial charge in [-0.05, 0) is 48.3 Å². The highest BCUT2D eigenvalue weighted by molar-refractivity contribution is 7.80. The Bertz CT molecular complexity index is 475. The second kappa shape index (κ2) is 8.37. The fourth-order valence-corrected chi connectivity index (χ4v) is 1.51. The molecular weight excluding hydrogens is 274 g/mol. The summed E-state index contributed by atoms with van der Waals surface area (Å²) in [7, 11) is 1.61. The smallest absolute Gasteiger partial charge is 0.184 e. The standard InChI is InChI=1S/C14H21N3O2S/c1-10(2)6-7-19-12-5-4-11(8-13(12)18-3)9-16-17-14(15)20/h4-5,8-10H,6-7H2,1-3H3,(H3,15,17,20). The zero-order chi connectivity index (χ0) is 15.0. The fourth-order valence-electron chi connectivity index (χ4n) is 1.46. The molecule has 0 saturated heterocycles. The third kappa shape index (κ3) is 5.88. The second-order valence-corrected chi connectivity index (χ2v) is 5.12. The molecule has 0 heterocycles. The minimum absolute atomic E-state index is 0.127. The van der Waals surface area contributed by atoms with Crippen molar-refractivity contribution in [2.45, 2.75) is 20.3 Å². The van der Waals surface area contributed by atoms with Gasteiger partial charge in [-0.25, -0.2) is 0 Å². The normalized spacial score (nSPS) is 10.8. The van der Waals surface area contributed by atoms with Gasteiger partial charge in [0.15, 0.2) is 16.6 Å². The maximum Gasteiger partial charge on any atom is 0.184 e.